The van der Waals surface area contributed by atoms with Crippen LogP contribution in [0.2, 0.25) is 0 Å². The zero-order chi connectivity index (χ0) is 13.0. The Morgan fingerprint density at radius 2 is 1.94 bits per heavy atom. The highest BCUT2D eigenvalue weighted by molar-refractivity contribution is 4.96. The van der Waals surface area contributed by atoms with E-state index in [9.17, 15) is 0 Å². The molecule has 1 N–H and O–H groups in total. The van der Waals surface area contributed by atoms with Gasteiger partial charge in [-0.15, -0.1) is 5.10 Å². The van der Waals surface area contributed by atoms with Crippen LogP contribution in [-0.2, 0) is 0 Å². The van der Waals surface area contributed by atoms with Crippen LogP contribution in [0.4, 0.5) is 0 Å². The maximum Gasteiger partial charge on any atom is 0.168 e. The molecule has 1 heterocycles. The van der Waals surface area contributed by atoms with Crippen LogP contribution in [-0.4, -0.2) is 26.2 Å². The molecule has 1 saturated carbocycles. The highest BCUT2D eigenvalue weighted by Gasteiger charge is 2.29. The maximum absolute atomic E-state index is 4.19. The zero-order valence-corrected chi connectivity index (χ0v) is 11.8. The van der Waals surface area contributed by atoms with Crippen LogP contribution in [0.5, 0.6) is 0 Å². The van der Waals surface area contributed by atoms with Crippen LogP contribution in [0.1, 0.15) is 77.2 Å². The van der Waals surface area contributed by atoms with Gasteiger partial charge in [0, 0.05) is 6.04 Å². The van der Waals surface area contributed by atoms with E-state index in [-0.39, 0.29) is 6.04 Å². The number of hydrogen-bond donors (Lipinski definition) is 1. The number of aromatic nitrogens is 4. The first-order valence-corrected chi connectivity index (χ1v) is 7.30. The molecule has 2 rings (SSSR count). The van der Waals surface area contributed by atoms with E-state index < -0.39 is 0 Å². The van der Waals surface area contributed by atoms with Crippen molar-refractivity contribution in [1.82, 2.24) is 25.5 Å². The second-order valence-electron chi connectivity index (χ2n) is 5.38. The Morgan fingerprint density at radius 1 is 1.28 bits per heavy atom. The summed E-state index contributed by atoms with van der Waals surface area (Å²) in [5, 5.41) is 15.8. The van der Waals surface area contributed by atoms with Crippen molar-refractivity contribution in [1.29, 1.82) is 0 Å². The Bertz CT molecular complexity index is 352. The summed E-state index contributed by atoms with van der Waals surface area (Å²) >= 11 is 0. The van der Waals surface area contributed by atoms with Gasteiger partial charge in [-0.25, -0.2) is 4.68 Å². The molecule has 1 fully saturated rings. The van der Waals surface area contributed by atoms with Gasteiger partial charge in [-0.2, -0.15) is 0 Å². The topological polar surface area (TPSA) is 55.6 Å². The fraction of sp³-hybridized carbons (Fsp3) is 0.923. The first-order valence-electron chi connectivity index (χ1n) is 7.30. The van der Waals surface area contributed by atoms with E-state index in [0.717, 1.165) is 5.82 Å². The first kappa shape index (κ1) is 13.5. The van der Waals surface area contributed by atoms with E-state index in [4.69, 9.17) is 0 Å². The largest absolute Gasteiger partial charge is 0.305 e. The standard InChI is InChI=1S/C13H25N5/c1-4-6-11(7-5-2)14-10(3)13-15-16-17-18(13)12-8-9-12/h10-12,14H,4-9H2,1-3H3. The minimum atomic E-state index is 0.240. The van der Waals surface area contributed by atoms with Crippen molar-refractivity contribution in [3.8, 4) is 0 Å². The molecule has 0 amide bonds. The predicted octanol–water partition coefficient (Wildman–Crippen LogP) is 2.63. The quantitative estimate of drug-likeness (QED) is 0.771. The Kier molecular flexibility index (Phi) is 4.69. The van der Waals surface area contributed by atoms with E-state index in [1.54, 1.807) is 0 Å². The molecule has 0 spiro atoms. The summed E-state index contributed by atoms with van der Waals surface area (Å²) < 4.78 is 2.01. The van der Waals surface area contributed by atoms with Crippen LogP contribution >= 0.6 is 0 Å². The number of tetrazole rings is 1. The summed E-state index contributed by atoms with van der Waals surface area (Å²) in [6.07, 6.45) is 7.33. The average Bonchev–Trinajstić information content (AvgIpc) is 3.07. The van der Waals surface area contributed by atoms with Gasteiger partial charge in [-0.05, 0) is 43.0 Å². The van der Waals surface area contributed by atoms with Crippen LogP contribution in [0.15, 0.2) is 0 Å². The molecule has 1 atom stereocenters. The molecule has 102 valence electrons. The number of hydrogen-bond acceptors (Lipinski definition) is 4. The molecule has 5 nitrogen and oxygen atoms in total. The molecule has 0 saturated heterocycles. The Morgan fingerprint density at radius 3 is 2.50 bits per heavy atom. The normalized spacial score (nSPS) is 17.3. The van der Waals surface area contributed by atoms with Gasteiger partial charge in [0.05, 0.1) is 12.1 Å². The molecule has 1 aromatic rings. The minimum absolute atomic E-state index is 0.240. The lowest BCUT2D eigenvalue weighted by atomic mass is 10.1. The van der Waals surface area contributed by atoms with E-state index >= 15 is 0 Å². The third kappa shape index (κ3) is 3.28. The molecule has 0 bridgehead atoms. The summed E-state index contributed by atoms with van der Waals surface area (Å²) in [4.78, 5) is 0. The van der Waals surface area contributed by atoms with Gasteiger partial charge >= 0.3 is 0 Å². The Hall–Kier alpha value is -0.970. The molecule has 1 unspecified atom stereocenters. The lowest BCUT2D eigenvalue weighted by molar-refractivity contribution is 0.382. The van der Waals surface area contributed by atoms with Gasteiger partial charge in [0.1, 0.15) is 0 Å². The van der Waals surface area contributed by atoms with Gasteiger partial charge in [-0.3, -0.25) is 0 Å². The van der Waals surface area contributed by atoms with Crippen molar-refractivity contribution in [2.45, 2.75) is 77.4 Å². The molecule has 5 heteroatoms. The minimum Gasteiger partial charge on any atom is -0.305 e. The van der Waals surface area contributed by atoms with Crippen LogP contribution in [0.25, 0.3) is 0 Å². The molecule has 18 heavy (non-hydrogen) atoms. The van der Waals surface area contributed by atoms with Crippen LogP contribution < -0.4 is 5.32 Å². The van der Waals surface area contributed by atoms with Crippen molar-refractivity contribution < 1.29 is 0 Å². The van der Waals surface area contributed by atoms with Crippen LogP contribution in [0.3, 0.4) is 0 Å². The smallest absolute Gasteiger partial charge is 0.168 e. The molecule has 1 aromatic heterocycles. The molecule has 0 aliphatic heterocycles. The number of rotatable bonds is 8. The molecule has 0 aromatic carbocycles. The molecular weight excluding hydrogens is 226 g/mol. The lowest BCUT2D eigenvalue weighted by Crippen LogP contribution is -2.33. The molecule has 0 radical (unpaired) electrons. The molecular formula is C13H25N5. The maximum atomic E-state index is 4.19. The second-order valence-corrected chi connectivity index (χ2v) is 5.38. The lowest BCUT2D eigenvalue weighted by Gasteiger charge is -2.22. The zero-order valence-electron chi connectivity index (χ0n) is 11.8. The summed E-state index contributed by atoms with van der Waals surface area (Å²) in [5.41, 5.74) is 0. The SMILES string of the molecule is CCCC(CCC)NC(C)c1nnnn1C1CC1. The van der Waals surface area contributed by atoms with Gasteiger partial charge in [-0.1, -0.05) is 26.7 Å². The summed E-state index contributed by atoms with van der Waals surface area (Å²) in [6.45, 7) is 6.65. The summed E-state index contributed by atoms with van der Waals surface area (Å²) in [6, 6.07) is 1.37. The fourth-order valence-corrected chi connectivity index (χ4v) is 2.50. The van der Waals surface area contributed by atoms with E-state index in [2.05, 4.69) is 41.6 Å². The first-order chi connectivity index (χ1) is 8.76. The van der Waals surface area contributed by atoms with Crippen molar-refractivity contribution >= 4 is 0 Å². The summed E-state index contributed by atoms with van der Waals surface area (Å²) in [5.74, 6) is 0.995. The molecule has 1 aliphatic rings. The van der Waals surface area contributed by atoms with Gasteiger partial charge in [0.25, 0.3) is 0 Å². The van der Waals surface area contributed by atoms with E-state index in [0.29, 0.717) is 12.1 Å². The van der Waals surface area contributed by atoms with Gasteiger partial charge in [0.15, 0.2) is 5.82 Å². The third-order valence-corrected chi connectivity index (χ3v) is 3.56. The highest BCUT2D eigenvalue weighted by atomic mass is 15.6. The van der Waals surface area contributed by atoms with Gasteiger partial charge < -0.3 is 5.32 Å². The number of nitrogens with one attached hydrogen (secondary N) is 1. The second kappa shape index (κ2) is 6.27. The van der Waals surface area contributed by atoms with Crippen molar-refractivity contribution in [3.05, 3.63) is 5.82 Å². The predicted molar refractivity (Wildman–Crippen MR) is 71.2 cm³/mol. The number of nitrogens with zero attached hydrogens (tertiary/aromatic N) is 4. The average molecular weight is 251 g/mol. The van der Waals surface area contributed by atoms with E-state index in [1.807, 2.05) is 4.68 Å². The van der Waals surface area contributed by atoms with Crippen molar-refractivity contribution in [2.24, 2.45) is 0 Å². The van der Waals surface area contributed by atoms with Crippen molar-refractivity contribution in [2.75, 3.05) is 0 Å². The van der Waals surface area contributed by atoms with E-state index in [1.165, 1.54) is 38.5 Å². The van der Waals surface area contributed by atoms with Gasteiger partial charge in [0.2, 0.25) is 0 Å². The fourth-order valence-electron chi connectivity index (χ4n) is 2.50. The van der Waals surface area contributed by atoms with Crippen molar-refractivity contribution in [3.63, 3.8) is 0 Å². The molecule has 1 aliphatic carbocycles. The Labute approximate surface area is 109 Å². The summed E-state index contributed by atoms with van der Waals surface area (Å²) in [7, 11) is 0. The highest BCUT2D eigenvalue weighted by Crippen LogP contribution is 2.35. The monoisotopic (exact) mass is 251 g/mol. The van der Waals surface area contributed by atoms with Crippen LogP contribution in [0, 0.1) is 0 Å². The third-order valence-electron chi connectivity index (χ3n) is 3.56. The Balaban J connectivity index is 1.96.